The number of hydrogen-bond acceptors (Lipinski definition) is 6. The molecule has 0 bridgehead atoms. The van der Waals surface area contributed by atoms with Crippen molar-refractivity contribution in [3.8, 4) is 11.5 Å². The maximum absolute atomic E-state index is 12.7. The minimum absolute atomic E-state index is 0.00485. The molecule has 6 nitrogen and oxygen atoms in total. The zero-order valence-electron chi connectivity index (χ0n) is 19.7. The highest BCUT2D eigenvalue weighted by atomic mass is 79.9. The molecule has 0 atom stereocenters. The number of ether oxygens (including phenoxy) is 2. The smallest absolute Gasteiger partial charge is 0.266 e. The van der Waals surface area contributed by atoms with E-state index in [-0.39, 0.29) is 24.5 Å². The predicted octanol–water partition coefficient (Wildman–Crippen LogP) is 6.09. The fraction of sp³-hybridized carbons (Fsp3) is 0.320. The molecule has 0 aromatic heterocycles. The number of hydrogen-bond donors (Lipinski definition) is 1. The fourth-order valence-corrected chi connectivity index (χ4v) is 5.63. The van der Waals surface area contributed by atoms with E-state index in [0.29, 0.717) is 31.8 Å². The molecule has 1 fully saturated rings. The number of nitrogens with one attached hydrogen (secondary N) is 1. The van der Waals surface area contributed by atoms with E-state index in [0.717, 1.165) is 22.4 Å². The quantitative estimate of drug-likeness (QED) is 0.310. The Bertz CT molecular complexity index is 1140. The SMILES string of the molecule is CCOc1cc(/C=C2\SC(=S)N(C(C)C)C2=O)cc(Br)c1OCC(=O)Nc1cc(C)cc(C)c1. The normalized spacial score (nSPS) is 14.8. The molecular formula is C25H27BrN2O4S2. The molecule has 2 aromatic rings. The second kappa shape index (κ2) is 11.4. The second-order valence-electron chi connectivity index (χ2n) is 8.12. The number of carbonyl (C=O) groups excluding carboxylic acids is 2. The van der Waals surface area contributed by atoms with Crippen LogP contribution >= 0.6 is 39.9 Å². The summed E-state index contributed by atoms with van der Waals surface area (Å²) < 4.78 is 12.7. The van der Waals surface area contributed by atoms with E-state index in [9.17, 15) is 9.59 Å². The Morgan fingerprint density at radius 2 is 1.85 bits per heavy atom. The third-order valence-electron chi connectivity index (χ3n) is 4.82. The van der Waals surface area contributed by atoms with E-state index in [1.54, 1.807) is 17.0 Å². The zero-order valence-corrected chi connectivity index (χ0v) is 22.9. The summed E-state index contributed by atoms with van der Waals surface area (Å²) in [5, 5.41) is 2.86. The minimum atomic E-state index is -0.277. The van der Waals surface area contributed by atoms with Gasteiger partial charge in [0.1, 0.15) is 4.32 Å². The van der Waals surface area contributed by atoms with E-state index < -0.39 is 0 Å². The first-order chi connectivity index (χ1) is 16.1. The van der Waals surface area contributed by atoms with Gasteiger partial charge in [-0.3, -0.25) is 14.5 Å². The molecule has 1 saturated heterocycles. The summed E-state index contributed by atoms with van der Waals surface area (Å²) in [5.74, 6) is 0.509. The van der Waals surface area contributed by atoms with Gasteiger partial charge in [-0.25, -0.2) is 0 Å². The summed E-state index contributed by atoms with van der Waals surface area (Å²) >= 11 is 10.2. The third kappa shape index (κ3) is 6.40. The lowest BCUT2D eigenvalue weighted by Crippen LogP contribution is -2.34. The van der Waals surface area contributed by atoms with Crippen molar-refractivity contribution in [2.75, 3.05) is 18.5 Å². The highest BCUT2D eigenvalue weighted by molar-refractivity contribution is 9.10. The molecule has 0 aliphatic carbocycles. The monoisotopic (exact) mass is 562 g/mol. The molecule has 1 aliphatic heterocycles. The van der Waals surface area contributed by atoms with Gasteiger partial charge in [0.05, 0.1) is 16.0 Å². The average Bonchev–Trinajstić information content (AvgIpc) is 2.99. The van der Waals surface area contributed by atoms with Gasteiger partial charge in [0, 0.05) is 11.7 Å². The molecular weight excluding hydrogens is 536 g/mol. The lowest BCUT2D eigenvalue weighted by atomic mass is 10.1. The number of amides is 2. The number of halogens is 1. The van der Waals surface area contributed by atoms with Crippen molar-refractivity contribution in [1.82, 2.24) is 4.90 Å². The Kier molecular flexibility index (Phi) is 8.78. The molecule has 0 spiro atoms. The van der Waals surface area contributed by atoms with Crippen molar-refractivity contribution in [1.29, 1.82) is 0 Å². The molecule has 180 valence electrons. The van der Waals surface area contributed by atoms with Crippen LogP contribution < -0.4 is 14.8 Å². The Labute approximate surface area is 218 Å². The first kappa shape index (κ1) is 26.2. The minimum Gasteiger partial charge on any atom is -0.490 e. The highest BCUT2D eigenvalue weighted by Crippen LogP contribution is 2.39. The van der Waals surface area contributed by atoms with Crippen LogP contribution in [0.3, 0.4) is 0 Å². The molecule has 0 unspecified atom stereocenters. The van der Waals surface area contributed by atoms with Gasteiger partial charge in [0.25, 0.3) is 11.8 Å². The Hall–Kier alpha value is -2.36. The second-order valence-corrected chi connectivity index (χ2v) is 10.7. The lowest BCUT2D eigenvalue weighted by molar-refractivity contribution is -0.123. The molecule has 34 heavy (non-hydrogen) atoms. The first-order valence-electron chi connectivity index (χ1n) is 10.8. The van der Waals surface area contributed by atoms with E-state index in [2.05, 4.69) is 21.2 Å². The van der Waals surface area contributed by atoms with Gasteiger partial charge in [0.15, 0.2) is 18.1 Å². The maximum atomic E-state index is 12.7. The molecule has 1 N–H and O–H groups in total. The molecule has 2 aromatic carbocycles. The van der Waals surface area contributed by atoms with Crippen LogP contribution in [0, 0.1) is 13.8 Å². The van der Waals surface area contributed by atoms with Crippen LogP contribution in [0.5, 0.6) is 11.5 Å². The summed E-state index contributed by atoms with van der Waals surface area (Å²) in [6.45, 7) is 9.92. The summed E-state index contributed by atoms with van der Waals surface area (Å²) in [6, 6.07) is 9.45. The van der Waals surface area contributed by atoms with E-state index in [4.69, 9.17) is 21.7 Å². The van der Waals surface area contributed by atoms with Gasteiger partial charge in [-0.15, -0.1) is 0 Å². The van der Waals surface area contributed by atoms with E-state index >= 15 is 0 Å². The summed E-state index contributed by atoms with van der Waals surface area (Å²) in [7, 11) is 0. The van der Waals surface area contributed by atoms with E-state index in [1.807, 2.05) is 58.9 Å². The Morgan fingerprint density at radius 1 is 1.18 bits per heavy atom. The molecule has 9 heteroatoms. The molecule has 2 amide bonds. The third-order valence-corrected chi connectivity index (χ3v) is 6.74. The lowest BCUT2D eigenvalue weighted by Gasteiger charge is -2.18. The summed E-state index contributed by atoms with van der Waals surface area (Å²) in [4.78, 5) is 27.4. The maximum Gasteiger partial charge on any atom is 0.266 e. The van der Waals surface area contributed by atoms with Crippen LogP contribution in [0.2, 0.25) is 0 Å². The van der Waals surface area contributed by atoms with Gasteiger partial charge in [-0.05, 0) is 97.6 Å². The van der Waals surface area contributed by atoms with Gasteiger partial charge in [-0.1, -0.05) is 30.0 Å². The topological polar surface area (TPSA) is 67.9 Å². The van der Waals surface area contributed by atoms with Crippen molar-refractivity contribution < 1.29 is 19.1 Å². The number of carbonyl (C=O) groups is 2. The van der Waals surface area contributed by atoms with Gasteiger partial charge >= 0.3 is 0 Å². The Morgan fingerprint density at radius 3 is 2.44 bits per heavy atom. The van der Waals surface area contributed by atoms with Crippen LogP contribution in [-0.2, 0) is 9.59 Å². The molecule has 1 aliphatic rings. The average molecular weight is 564 g/mol. The van der Waals surface area contributed by atoms with Crippen molar-refractivity contribution in [3.63, 3.8) is 0 Å². The van der Waals surface area contributed by atoms with Crippen molar-refractivity contribution in [2.45, 2.75) is 40.7 Å². The number of benzene rings is 2. The molecule has 3 rings (SSSR count). The summed E-state index contributed by atoms with van der Waals surface area (Å²) in [6.07, 6.45) is 1.78. The van der Waals surface area contributed by atoms with Gasteiger partial charge in [0.2, 0.25) is 0 Å². The van der Waals surface area contributed by atoms with Gasteiger partial charge < -0.3 is 14.8 Å². The standard InChI is InChI=1S/C25H27BrN2O4S2/c1-6-31-20-11-17(12-21-24(30)28(14(2)3)25(33)34-21)10-19(26)23(20)32-13-22(29)27-18-8-15(4)7-16(5)9-18/h7-12,14H,6,13H2,1-5H3,(H,27,29)/b21-12-. The van der Waals surface area contributed by atoms with Crippen LogP contribution in [-0.4, -0.2) is 40.3 Å². The fourth-order valence-electron chi connectivity index (χ4n) is 3.53. The van der Waals surface area contributed by atoms with Crippen molar-refractivity contribution in [2.24, 2.45) is 0 Å². The highest BCUT2D eigenvalue weighted by Gasteiger charge is 2.33. The van der Waals surface area contributed by atoms with Crippen LogP contribution in [0.4, 0.5) is 5.69 Å². The number of aryl methyl sites for hydroxylation is 2. The number of anilines is 1. The van der Waals surface area contributed by atoms with Crippen LogP contribution in [0.1, 0.15) is 37.5 Å². The zero-order chi connectivity index (χ0) is 25.0. The van der Waals surface area contributed by atoms with E-state index in [1.165, 1.54) is 11.8 Å². The predicted molar refractivity (Wildman–Crippen MR) is 145 cm³/mol. The molecule has 1 heterocycles. The largest absolute Gasteiger partial charge is 0.490 e. The number of thioether (sulfide) groups is 1. The number of rotatable bonds is 8. The van der Waals surface area contributed by atoms with Crippen LogP contribution in [0.25, 0.3) is 6.08 Å². The molecule has 0 saturated carbocycles. The van der Waals surface area contributed by atoms with Crippen molar-refractivity contribution >= 4 is 67.8 Å². The summed E-state index contributed by atoms with van der Waals surface area (Å²) in [5.41, 5.74) is 3.62. The van der Waals surface area contributed by atoms with Crippen molar-refractivity contribution in [3.05, 3.63) is 56.4 Å². The Balaban J connectivity index is 1.78. The first-order valence-corrected chi connectivity index (χ1v) is 12.8. The molecule has 0 radical (unpaired) electrons. The number of thiocarbonyl (C=S) groups is 1. The van der Waals surface area contributed by atoms with Gasteiger partial charge in [-0.2, -0.15) is 0 Å². The number of nitrogens with zero attached hydrogens (tertiary/aromatic N) is 1. The van der Waals surface area contributed by atoms with Crippen LogP contribution in [0.15, 0.2) is 39.7 Å².